The van der Waals surface area contributed by atoms with Crippen LogP contribution in [0.1, 0.15) is 13.8 Å². The van der Waals surface area contributed by atoms with Crippen LogP contribution in [0.5, 0.6) is 0 Å². The van der Waals surface area contributed by atoms with Crippen LogP contribution in [0.25, 0.3) is 0 Å². The number of nitrogens with zero attached hydrogens (tertiary/aromatic N) is 1. The lowest BCUT2D eigenvalue weighted by atomic mass is 10.0. The van der Waals surface area contributed by atoms with E-state index < -0.39 is 0 Å². The molecule has 0 aliphatic carbocycles. The molecule has 0 saturated carbocycles. The largest absolute Gasteiger partial charge is 0.355 e. The zero-order valence-electron chi connectivity index (χ0n) is 11.0. The summed E-state index contributed by atoms with van der Waals surface area (Å²) in [5.41, 5.74) is 0. The molecule has 1 saturated heterocycles. The monoisotopic (exact) mass is 259 g/mol. The van der Waals surface area contributed by atoms with Crippen molar-refractivity contribution in [2.45, 2.75) is 13.8 Å². The lowest BCUT2D eigenvalue weighted by Gasteiger charge is -2.27. The van der Waals surface area contributed by atoms with Gasteiger partial charge < -0.3 is 15.5 Å². The summed E-state index contributed by atoms with van der Waals surface area (Å²) in [7, 11) is 0. The fourth-order valence-electron chi connectivity index (χ4n) is 1.70. The Kier molecular flexibility index (Phi) is 7.64. The van der Waals surface area contributed by atoms with Gasteiger partial charge in [0.15, 0.2) is 0 Å². The molecule has 0 unspecified atom stereocenters. The summed E-state index contributed by atoms with van der Waals surface area (Å²) in [6, 6.07) is 0. The second kappa shape index (κ2) is 8.78. The predicted octanol–water partition coefficient (Wildman–Crippen LogP) is 0.397. The molecule has 0 radical (unpaired) electrons. The summed E-state index contributed by atoms with van der Waals surface area (Å²) in [6.07, 6.45) is 0. The van der Waals surface area contributed by atoms with Crippen molar-refractivity contribution in [3.8, 4) is 0 Å². The van der Waals surface area contributed by atoms with Gasteiger partial charge in [0.25, 0.3) is 0 Å². The summed E-state index contributed by atoms with van der Waals surface area (Å²) in [5.74, 6) is 2.47. The fraction of sp³-hybridized carbons (Fsp3) is 0.917. The topological polar surface area (TPSA) is 44.4 Å². The van der Waals surface area contributed by atoms with Crippen LogP contribution >= 0.6 is 11.8 Å². The summed E-state index contributed by atoms with van der Waals surface area (Å²) >= 11 is 1.73. The molecule has 1 aliphatic rings. The summed E-state index contributed by atoms with van der Waals surface area (Å²) in [4.78, 5) is 13.9. The van der Waals surface area contributed by atoms with E-state index in [2.05, 4.69) is 29.4 Å². The van der Waals surface area contributed by atoms with Gasteiger partial charge in [-0.1, -0.05) is 13.8 Å². The number of hydrogen-bond donors (Lipinski definition) is 2. The summed E-state index contributed by atoms with van der Waals surface area (Å²) < 4.78 is 0. The highest BCUT2D eigenvalue weighted by molar-refractivity contribution is 7.99. The Balaban J connectivity index is 1.92. The first-order chi connectivity index (χ1) is 8.26. The lowest BCUT2D eigenvalue weighted by molar-refractivity contribution is -0.118. The zero-order chi connectivity index (χ0) is 12.5. The Morgan fingerprint density at radius 2 is 2.12 bits per heavy atom. The molecule has 0 aromatic heterocycles. The Bertz CT molecular complexity index is 218. The Morgan fingerprint density at radius 1 is 1.41 bits per heavy atom. The van der Waals surface area contributed by atoms with Gasteiger partial charge in [-0.05, 0) is 13.1 Å². The van der Waals surface area contributed by atoms with E-state index in [0.717, 1.165) is 45.0 Å². The minimum absolute atomic E-state index is 0.182. The predicted molar refractivity (Wildman–Crippen MR) is 74.5 cm³/mol. The van der Waals surface area contributed by atoms with E-state index >= 15 is 0 Å². The molecule has 0 atom stereocenters. The van der Waals surface area contributed by atoms with Gasteiger partial charge in [0.1, 0.15) is 0 Å². The normalized spacial score (nSPS) is 15.9. The molecule has 17 heavy (non-hydrogen) atoms. The number of thioether (sulfide) groups is 1. The van der Waals surface area contributed by atoms with Crippen LogP contribution in [-0.4, -0.2) is 61.6 Å². The van der Waals surface area contributed by atoms with Crippen molar-refractivity contribution in [2.24, 2.45) is 5.92 Å². The third-order valence-corrected chi connectivity index (χ3v) is 4.07. The van der Waals surface area contributed by atoms with Crippen LogP contribution in [0.15, 0.2) is 0 Å². The fourth-order valence-corrected chi connectivity index (χ4v) is 2.52. The van der Waals surface area contributed by atoms with Crippen LogP contribution in [-0.2, 0) is 4.79 Å². The number of nitrogens with one attached hydrogen (secondary N) is 2. The molecule has 0 aromatic carbocycles. The maximum absolute atomic E-state index is 11.5. The average molecular weight is 259 g/mol. The van der Waals surface area contributed by atoms with Gasteiger partial charge in [-0.25, -0.2) is 0 Å². The highest BCUT2D eigenvalue weighted by Crippen LogP contribution is 2.03. The first kappa shape index (κ1) is 14.8. The van der Waals surface area contributed by atoms with Crippen molar-refractivity contribution >= 4 is 17.7 Å². The number of hydrogen-bond acceptors (Lipinski definition) is 4. The molecule has 0 spiro atoms. The highest BCUT2D eigenvalue weighted by Gasteiger charge is 2.16. The van der Waals surface area contributed by atoms with Crippen molar-refractivity contribution in [1.29, 1.82) is 0 Å². The molecule has 1 amide bonds. The average Bonchev–Trinajstić information content (AvgIpc) is 2.27. The van der Waals surface area contributed by atoms with Crippen molar-refractivity contribution in [1.82, 2.24) is 15.5 Å². The molecule has 0 aromatic rings. The molecule has 0 bridgehead atoms. The molecule has 1 aliphatic heterocycles. The van der Waals surface area contributed by atoms with E-state index in [4.69, 9.17) is 0 Å². The molecule has 1 fully saturated rings. The second-order valence-corrected chi connectivity index (χ2v) is 5.51. The van der Waals surface area contributed by atoms with E-state index in [9.17, 15) is 4.79 Å². The van der Waals surface area contributed by atoms with E-state index in [1.54, 1.807) is 11.8 Å². The maximum atomic E-state index is 11.5. The Morgan fingerprint density at radius 3 is 2.65 bits per heavy atom. The Labute approximate surface area is 109 Å². The molecular weight excluding hydrogens is 234 g/mol. The summed E-state index contributed by atoms with van der Waals surface area (Å²) in [6.45, 7) is 10.6. The lowest BCUT2D eigenvalue weighted by Crippen LogP contribution is -2.48. The standard InChI is InChI=1S/C12H25N3OS/c1-3-15(4-2)5-6-17-10-12(16)14-9-11-7-13-8-11/h11,13H,3-10H2,1-2H3,(H,14,16). The van der Waals surface area contributed by atoms with Gasteiger partial charge in [-0.2, -0.15) is 11.8 Å². The molecule has 1 heterocycles. The number of carbonyl (C=O) groups excluding carboxylic acids is 1. The van der Waals surface area contributed by atoms with Crippen molar-refractivity contribution in [2.75, 3.05) is 50.8 Å². The summed E-state index contributed by atoms with van der Waals surface area (Å²) in [5, 5.41) is 6.19. The van der Waals surface area contributed by atoms with Gasteiger partial charge in [0, 0.05) is 37.8 Å². The molecule has 2 N–H and O–H groups in total. The molecule has 4 nitrogen and oxygen atoms in total. The molecule has 1 rings (SSSR count). The third kappa shape index (κ3) is 6.29. The van der Waals surface area contributed by atoms with Gasteiger partial charge in [0.05, 0.1) is 5.75 Å². The Hall–Kier alpha value is -0.260. The van der Waals surface area contributed by atoms with Gasteiger partial charge in [-0.15, -0.1) is 0 Å². The number of amides is 1. The maximum Gasteiger partial charge on any atom is 0.230 e. The minimum Gasteiger partial charge on any atom is -0.355 e. The molecule has 100 valence electrons. The number of carbonyl (C=O) groups is 1. The van der Waals surface area contributed by atoms with E-state index in [-0.39, 0.29) is 5.91 Å². The smallest absolute Gasteiger partial charge is 0.230 e. The zero-order valence-corrected chi connectivity index (χ0v) is 11.8. The first-order valence-corrected chi connectivity index (χ1v) is 7.69. The molecular formula is C12H25N3OS. The number of rotatable bonds is 9. The SMILES string of the molecule is CCN(CC)CCSCC(=O)NCC1CNC1. The van der Waals surface area contributed by atoms with Gasteiger partial charge in [0.2, 0.25) is 5.91 Å². The van der Waals surface area contributed by atoms with Crippen LogP contribution in [0.3, 0.4) is 0 Å². The van der Waals surface area contributed by atoms with Crippen molar-refractivity contribution in [3.05, 3.63) is 0 Å². The van der Waals surface area contributed by atoms with Crippen LogP contribution in [0.2, 0.25) is 0 Å². The third-order valence-electron chi connectivity index (χ3n) is 3.13. The molecule has 5 heteroatoms. The van der Waals surface area contributed by atoms with Gasteiger partial charge in [-0.3, -0.25) is 4.79 Å². The minimum atomic E-state index is 0.182. The van der Waals surface area contributed by atoms with Gasteiger partial charge >= 0.3 is 0 Å². The van der Waals surface area contributed by atoms with Crippen LogP contribution in [0, 0.1) is 5.92 Å². The highest BCUT2D eigenvalue weighted by atomic mass is 32.2. The first-order valence-electron chi connectivity index (χ1n) is 6.53. The van der Waals surface area contributed by atoms with E-state index in [1.807, 2.05) is 0 Å². The van der Waals surface area contributed by atoms with E-state index in [1.165, 1.54) is 0 Å². The second-order valence-electron chi connectivity index (χ2n) is 4.41. The van der Waals surface area contributed by atoms with Crippen LogP contribution < -0.4 is 10.6 Å². The van der Waals surface area contributed by atoms with Crippen molar-refractivity contribution < 1.29 is 4.79 Å². The van der Waals surface area contributed by atoms with E-state index in [0.29, 0.717) is 11.7 Å². The van der Waals surface area contributed by atoms with Crippen LogP contribution in [0.4, 0.5) is 0 Å². The quantitative estimate of drug-likeness (QED) is 0.588. The van der Waals surface area contributed by atoms with Crippen molar-refractivity contribution in [3.63, 3.8) is 0 Å².